The molecule has 31 valence electrons. The summed E-state index contributed by atoms with van der Waals surface area (Å²) in [4.78, 5) is 0. The van der Waals surface area contributed by atoms with Crippen LogP contribution in [0.1, 0.15) is 13.8 Å². The van der Waals surface area contributed by atoms with Crippen molar-refractivity contribution < 1.29 is 0 Å². The predicted octanol–water partition coefficient (Wildman–Crippen LogP) is 0.987. The highest BCUT2D eigenvalue weighted by atomic mass is 28.1. The molecule has 0 saturated heterocycles. The molecule has 0 nitrogen and oxygen atoms in total. The van der Waals surface area contributed by atoms with E-state index in [1.807, 2.05) is 13.8 Å². The lowest BCUT2D eigenvalue weighted by molar-refractivity contribution is 0.897. The smallest absolute Gasteiger partial charge is 0.0483 e. The van der Waals surface area contributed by atoms with E-state index >= 15 is 0 Å². The first-order valence-corrected chi connectivity index (χ1v) is 2.29. The van der Waals surface area contributed by atoms with Gasteiger partial charge in [0.15, 0.2) is 0 Å². The van der Waals surface area contributed by atoms with Crippen LogP contribution >= 0.6 is 0 Å². The molecule has 0 aliphatic heterocycles. The van der Waals surface area contributed by atoms with Crippen LogP contribution in [0.3, 0.4) is 0 Å². The Morgan fingerprint density at radius 1 is 1.67 bits per heavy atom. The fraction of sp³-hybridized carbons (Fsp3) is 0.600. The normalized spacial score (nSPS) is 10.3. The quantitative estimate of drug-likeness (QED) is 0.311. The third-order valence-corrected chi connectivity index (χ3v) is 0.505. The SMILES string of the molecule is C#CC(C)(C)[Si]. The second-order valence-electron chi connectivity index (χ2n) is 1.77. The van der Waals surface area contributed by atoms with Gasteiger partial charge in [0.05, 0.1) is 0 Å². The third kappa shape index (κ3) is 3.78. The van der Waals surface area contributed by atoms with Crippen molar-refractivity contribution in [3.8, 4) is 12.3 Å². The molecule has 0 atom stereocenters. The fourth-order valence-corrected chi connectivity index (χ4v) is 0. The third-order valence-electron chi connectivity index (χ3n) is 0.361. The van der Waals surface area contributed by atoms with Crippen LogP contribution in [0.4, 0.5) is 0 Å². The van der Waals surface area contributed by atoms with Crippen LogP contribution in [0.2, 0.25) is 5.04 Å². The van der Waals surface area contributed by atoms with Crippen LogP contribution in [-0.2, 0) is 0 Å². The first-order chi connectivity index (χ1) is 2.56. The van der Waals surface area contributed by atoms with Crippen molar-refractivity contribution in [1.29, 1.82) is 0 Å². The average molecular weight is 95.2 g/mol. The van der Waals surface area contributed by atoms with Gasteiger partial charge in [-0.1, -0.05) is 13.8 Å². The van der Waals surface area contributed by atoms with Crippen molar-refractivity contribution in [3.05, 3.63) is 0 Å². The average Bonchev–Trinajstić information content (AvgIpc) is 1.35. The molecule has 0 aromatic rings. The van der Waals surface area contributed by atoms with E-state index in [1.165, 1.54) is 0 Å². The molecular formula is C5H7Si. The first-order valence-electron chi connectivity index (χ1n) is 1.79. The summed E-state index contributed by atoms with van der Waals surface area (Å²) >= 11 is 0. The predicted molar refractivity (Wildman–Crippen MR) is 28.6 cm³/mol. The molecule has 0 aromatic carbocycles. The maximum atomic E-state index is 5.01. The Hall–Kier alpha value is -0.223. The summed E-state index contributed by atoms with van der Waals surface area (Å²) in [6.45, 7) is 3.84. The minimum absolute atomic E-state index is 0.125. The van der Waals surface area contributed by atoms with E-state index in [9.17, 15) is 0 Å². The molecule has 0 N–H and O–H groups in total. The van der Waals surface area contributed by atoms with Crippen molar-refractivity contribution in [2.24, 2.45) is 0 Å². The summed E-state index contributed by atoms with van der Waals surface area (Å²) < 4.78 is 0. The highest BCUT2D eigenvalue weighted by molar-refractivity contribution is 6.16. The summed E-state index contributed by atoms with van der Waals surface area (Å²) in [5.41, 5.74) is 0. The second kappa shape index (κ2) is 1.48. The van der Waals surface area contributed by atoms with Crippen LogP contribution in [0, 0.1) is 12.3 Å². The van der Waals surface area contributed by atoms with E-state index in [4.69, 9.17) is 6.42 Å². The van der Waals surface area contributed by atoms with E-state index in [0.29, 0.717) is 0 Å². The minimum Gasteiger partial charge on any atom is -0.120 e. The lowest BCUT2D eigenvalue weighted by atomic mass is 10.2. The number of hydrogen-bond donors (Lipinski definition) is 0. The van der Waals surface area contributed by atoms with Gasteiger partial charge in [-0.15, -0.1) is 12.3 Å². The molecule has 0 saturated carbocycles. The van der Waals surface area contributed by atoms with Gasteiger partial charge in [0.1, 0.15) is 0 Å². The Morgan fingerprint density at radius 2 is 1.83 bits per heavy atom. The molecule has 0 heterocycles. The van der Waals surface area contributed by atoms with Crippen LogP contribution in [0.25, 0.3) is 0 Å². The van der Waals surface area contributed by atoms with Gasteiger partial charge >= 0.3 is 0 Å². The molecule has 0 aliphatic rings. The van der Waals surface area contributed by atoms with Gasteiger partial charge in [-0.05, 0) is 0 Å². The molecule has 0 amide bonds. The molecule has 0 bridgehead atoms. The molecule has 0 unspecified atom stereocenters. The number of terminal acetylenes is 1. The van der Waals surface area contributed by atoms with Crippen molar-refractivity contribution in [2.45, 2.75) is 18.9 Å². The van der Waals surface area contributed by atoms with Gasteiger partial charge < -0.3 is 0 Å². The zero-order chi connectivity index (χ0) is 5.21. The highest BCUT2D eigenvalue weighted by Gasteiger charge is 2.01. The Kier molecular flexibility index (Phi) is 1.43. The van der Waals surface area contributed by atoms with Crippen LogP contribution < -0.4 is 0 Å². The highest BCUT2D eigenvalue weighted by Crippen LogP contribution is 2.13. The molecular weight excluding hydrogens is 88.1 g/mol. The van der Waals surface area contributed by atoms with E-state index in [0.717, 1.165) is 0 Å². The fourth-order valence-electron chi connectivity index (χ4n) is 0. The summed E-state index contributed by atoms with van der Waals surface area (Å²) in [7, 11) is 3.29. The Morgan fingerprint density at radius 3 is 1.83 bits per heavy atom. The summed E-state index contributed by atoms with van der Waals surface area (Å²) in [5.74, 6) is 2.52. The molecule has 3 radical (unpaired) electrons. The van der Waals surface area contributed by atoms with E-state index in [2.05, 4.69) is 16.2 Å². The van der Waals surface area contributed by atoms with Crippen molar-refractivity contribution >= 4 is 10.2 Å². The van der Waals surface area contributed by atoms with Crippen molar-refractivity contribution in [1.82, 2.24) is 0 Å². The lowest BCUT2D eigenvalue weighted by Gasteiger charge is -2.04. The van der Waals surface area contributed by atoms with E-state index in [1.54, 1.807) is 0 Å². The van der Waals surface area contributed by atoms with Gasteiger partial charge in [0, 0.05) is 15.3 Å². The second-order valence-corrected chi connectivity index (χ2v) is 3.02. The summed E-state index contributed by atoms with van der Waals surface area (Å²) in [5, 5.41) is -0.125. The maximum absolute atomic E-state index is 5.01. The lowest BCUT2D eigenvalue weighted by Crippen LogP contribution is -1.94. The first kappa shape index (κ1) is 5.78. The molecule has 0 aliphatic carbocycles. The molecule has 6 heavy (non-hydrogen) atoms. The topological polar surface area (TPSA) is 0 Å². The minimum atomic E-state index is -0.125. The number of rotatable bonds is 0. The largest absolute Gasteiger partial charge is 0.120 e. The van der Waals surface area contributed by atoms with Crippen LogP contribution in [-0.4, -0.2) is 10.2 Å². The number of hydrogen-bond acceptors (Lipinski definition) is 0. The van der Waals surface area contributed by atoms with Gasteiger partial charge in [0.25, 0.3) is 0 Å². The molecule has 1 heteroatoms. The monoisotopic (exact) mass is 95.0 g/mol. The van der Waals surface area contributed by atoms with E-state index < -0.39 is 0 Å². The molecule has 0 fully saturated rings. The van der Waals surface area contributed by atoms with Gasteiger partial charge in [-0.25, -0.2) is 0 Å². The molecule has 0 rings (SSSR count). The zero-order valence-corrected chi connectivity index (χ0v) is 5.08. The summed E-state index contributed by atoms with van der Waals surface area (Å²) in [6, 6.07) is 0. The van der Waals surface area contributed by atoms with Crippen molar-refractivity contribution in [2.75, 3.05) is 0 Å². The standard InChI is InChI=1S/C5H7Si/c1-4-5(2,3)6/h1H,2-3H3. The van der Waals surface area contributed by atoms with Gasteiger partial charge in [-0.3, -0.25) is 0 Å². The van der Waals surface area contributed by atoms with Crippen LogP contribution in [0.15, 0.2) is 0 Å². The maximum Gasteiger partial charge on any atom is 0.0483 e. The van der Waals surface area contributed by atoms with E-state index in [-0.39, 0.29) is 5.04 Å². The Balaban J connectivity index is 3.55. The Labute approximate surface area is 42.4 Å². The Bertz CT molecular complexity index is 70.9. The van der Waals surface area contributed by atoms with Gasteiger partial charge in [-0.2, -0.15) is 0 Å². The van der Waals surface area contributed by atoms with Crippen molar-refractivity contribution in [3.63, 3.8) is 0 Å². The van der Waals surface area contributed by atoms with Gasteiger partial charge in [0.2, 0.25) is 0 Å². The zero-order valence-electron chi connectivity index (χ0n) is 4.08. The molecule has 0 aromatic heterocycles. The molecule has 0 spiro atoms. The summed E-state index contributed by atoms with van der Waals surface area (Å²) in [6.07, 6.45) is 5.01. The van der Waals surface area contributed by atoms with Crippen LogP contribution in [0.5, 0.6) is 0 Å².